The number of halogens is 1. The third-order valence-corrected chi connectivity index (χ3v) is 8.68. The standard InChI is InChI=1S/C33H36FN5O/c1-21-3-4-25(13-22(21)2)33-32(24-5-6-26(16-35)30(34)14-24)29-15-28(20-38-10-7-27(36)19-38)39(31(29)17-37-33)18-23-8-11-40-12-9-23/h3-6,13-15,17,23,27H,7-12,18-20,36H2,1-2H3/t27-/m0/s1. The first-order chi connectivity index (χ1) is 19.4. The van der Waals surface area contributed by atoms with Crippen LogP contribution in [-0.4, -0.2) is 46.8 Å². The van der Waals surface area contributed by atoms with E-state index in [4.69, 9.17) is 15.5 Å². The van der Waals surface area contributed by atoms with Gasteiger partial charge in [-0.25, -0.2) is 4.39 Å². The second kappa shape index (κ2) is 11.1. The fourth-order valence-electron chi connectivity index (χ4n) is 6.21. The van der Waals surface area contributed by atoms with E-state index in [0.29, 0.717) is 5.92 Å². The van der Waals surface area contributed by atoms with Gasteiger partial charge in [0, 0.05) is 67.6 Å². The number of benzene rings is 2. The van der Waals surface area contributed by atoms with Gasteiger partial charge in [0.1, 0.15) is 11.9 Å². The van der Waals surface area contributed by atoms with Crippen molar-refractivity contribution in [1.29, 1.82) is 5.26 Å². The number of hydrogen-bond donors (Lipinski definition) is 1. The van der Waals surface area contributed by atoms with Crippen LogP contribution in [0.5, 0.6) is 0 Å². The van der Waals surface area contributed by atoms with Gasteiger partial charge >= 0.3 is 0 Å². The Morgan fingerprint density at radius 2 is 1.85 bits per heavy atom. The van der Waals surface area contributed by atoms with E-state index in [9.17, 15) is 5.26 Å². The summed E-state index contributed by atoms with van der Waals surface area (Å²) in [5.74, 6) is 0.00937. The summed E-state index contributed by atoms with van der Waals surface area (Å²) in [5.41, 5.74) is 14.4. The Kier molecular flexibility index (Phi) is 7.41. The number of rotatable bonds is 6. The van der Waals surface area contributed by atoms with E-state index in [-0.39, 0.29) is 11.6 Å². The quantitative estimate of drug-likeness (QED) is 0.328. The fraction of sp³-hybridized carbons (Fsp3) is 0.394. The van der Waals surface area contributed by atoms with E-state index >= 15 is 4.39 Å². The Labute approximate surface area is 235 Å². The largest absolute Gasteiger partial charge is 0.381 e. The van der Waals surface area contributed by atoms with Gasteiger partial charge in [0.05, 0.1) is 23.0 Å². The highest BCUT2D eigenvalue weighted by Crippen LogP contribution is 2.40. The predicted molar refractivity (Wildman–Crippen MR) is 156 cm³/mol. The van der Waals surface area contributed by atoms with Crippen molar-refractivity contribution in [3.05, 3.63) is 76.9 Å². The van der Waals surface area contributed by atoms with Gasteiger partial charge in [-0.05, 0) is 80.0 Å². The summed E-state index contributed by atoms with van der Waals surface area (Å²) >= 11 is 0. The zero-order chi connectivity index (χ0) is 27.8. The maximum absolute atomic E-state index is 15.0. The van der Waals surface area contributed by atoms with E-state index in [1.54, 1.807) is 6.07 Å². The molecule has 2 aromatic carbocycles. The molecule has 2 N–H and O–H groups in total. The molecular weight excluding hydrogens is 501 g/mol. The molecule has 0 saturated carbocycles. The number of aryl methyl sites for hydroxylation is 2. The molecule has 4 heterocycles. The second-order valence-corrected chi connectivity index (χ2v) is 11.5. The number of nitrogens with zero attached hydrogens (tertiary/aromatic N) is 4. The molecule has 0 aliphatic carbocycles. The summed E-state index contributed by atoms with van der Waals surface area (Å²) in [6.45, 7) is 9.37. The first-order valence-corrected chi connectivity index (χ1v) is 14.3. The van der Waals surface area contributed by atoms with Crippen molar-refractivity contribution in [1.82, 2.24) is 14.5 Å². The smallest absolute Gasteiger partial charge is 0.141 e. The van der Waals surface area contributed by atoms with Crippen molar-refractivity contribution in [3.8, 4) is 28.5 Å². The highest BCUT2D eigenvalue weighted by Gasteiger charge is 2.25. The molecule has 4 aromatic rings. The molecule has 0 spiro atoms. The fourth-order valence-corrected chi connectivity index (χ4v) is 6.21. The third kappa shape index (κ3) is 5.15. The summed E-state index contributed by atoms with van der Waals surface area (Å²) in [4.78, 5) is 7.47. The lowest BCUT2D eigenvalue weighted by Gasteiger charge is -2.25. The van der Waals surface area contributed by atoms with Crippen LogP contribution in [0.1, 0.15) is 41.6 Å². The van der Waals surface area contributed by atoms with Crippen LogP contribution in [0.4, 0.5) is 4.39 Å². The SMILES string of the molecule is Cc1ccc(-c2ncc3c(cc(CN4CC[C@H](N)C4)n3CC3CCOCC3)c2-c2ccc(C#N)c(F)c2)cc1C. The van der Waals surface area contributed by atoms with Crippen LogP contribution in [0.3, 0.4) is 0 Å². The van der Waals surface area contributed by atoms with E-state index < -0.39 is 5.82 Å². The van der Waals surface area contributed by atoms with Crippen molar-refractivity contribution in [2.75, 3.05) is 26.3 Å². The molecule has 0 bridgehead atoms. The molecule has 206 valence electrons. The van der Waals surface area contributed by atoms with Crippen LogP contribution >= 0.6 is 0 Å². The maximum Gasteiger partial charge on any atom is 0.141 e. The molecule has 2 aromatic heterocycles. The van der Waals surface area contributed by atoms with Crippen LogP contribution in [0.2, 0.25) is 0 Å². The molecule has 0 amide bonds. The molecule has 0 radical (unpaired) electrons. The van der Waals surface area contributed by atoms with Gasteiger partial charge in [-0.15, -0.1) is 0 Å². The topological polar surface area (TPSA) is 80.1 Å². The summed E-state index contributed by atoms with van der Waals surface area (Å²) < 4.78 is 23.1. The number of hydrogen-bond acceptors (Lipinski definition) is 5. The van der Waals surface area contributed by atoms with E-state index in [0.717, 1.165) is 91.9 Å². The molecular formula is C33H36FN5O. The number of aromatic nitrogens is 2. The molecule has 2 aliphatic rings. The zero-order valence-electron chi connectivity index (χ0n) is 23.3. The van der Waals surface area contributed by atoms with Crippen molar-refractivity contribution in [3.63, 3.8) is 0 Å². The maximum atomic E-state index is 15.0. The Balaban J connectivity index is 1.56. The van der Waals surface area contributed by atoms with E-state index in [1.165, 1.54) is 22.9 Å². The van der Waals surface area contributed by atoms with Crippen LogP contribution < -0.4 is 5.73 Å². The van der Waals surface area contributed by atoms with Gasteiger partial charge in [-0.2, -0.15) is 5.26 Å². The minimum Gasteiger partial charge on any atom is -0.381 e. The van der Waals surface area contributed by atoms with Crippen LogP contribution in [0.25, 0.3) is 33.3 Å². The molecule has 0 unspecified atom stereocenters. The Hall–Kier alpha value is -3.57. The zero-order valence-corrected chi connectivity index (χ0v) is 23.3. The van der Waals surface area contributed by atoms with Gasteiger partial charge in [0.15, 0.2) is 0 Å². The van der Waals surface area contributed by atoms with E-state index in [1.807, 2.05) is 18.3 Å². The Bertz CT molecular complexity index is 1600. The Morgan fingerprint density at radius 1 is 1.05 bits per heavy atom. The molecule has 1 atom stereocenters. The van der Waals surface area contributed by atoms with E-state index in [2.05, 4.69) is 47.6 Å². The second-order valence-electron chi connectivity index (χ2n) is 11.5. The Morgan fingerprint density at radius 3 is 2.55 bits per heavy atom. The molecule has 6 rings (SSSR count). The summed E-state index contributed by atoms with van der Waals surface area (Å²) in [6.07, 6.45) is 5.07. The number of ether oxygens (including phenoxy) is 1. The van der Waals surface area contributed by atoms with Crippen LogP contribution in [0.15, 0.2) is 48.7 Å². The highest BCUT2D eigenvalue weighted by molar-refractivity contribution is 6.02. The first kappa shape index (κ1) is 26.6. The minimum atomic E-state index is -0.518. The lowest BCUT2D eigenvalue weighted by atomic mass is 9.94. The third-order valence-electron chi connectivity index (χ3n) is 8.68. The predicted octanol–water partition coefficient (Wildman–Crippen LogP) is 5.96. The number of fused-ring (bicyclic) bond motifs is 1. The van der Waals surface area contributed by atoms with Crippen LogP contribution in [-0.2, 0) is 17.8 Å². The van der Waals surface area contributed by atoms with Gasteiger partial charge in [-0.3, -0.25) is 9.88 Å². The first-order valence-electron chi connectivity index (χ1n) is 14.3. The number of pyridine rings is 1. The lowest BCUT2D eigenvalue weighted by molar-refractivity contribution is 0.0612. The summed E-state index contributed by atoms with van der Waals surface area (Å²) in [5, 5.41) is 10.4. The lowest BCUT2D eigenvalue weighted by Crippen LogP contribution is -2.28. The molecule has 2 saturated heterocycles. The van der Waals surface area contributed by atoms with Gasteiger partial charge < -0.3 is 15.0 Å². The van der Waals surface area contributed by atoms with Crippen molar-refractivity contribution < 1.29 is 9.13 Å². The molecule has 2 fully saturated rings. The summed E-state index contributed by atoms with van der Waals surface area (Å²) in [7, 11) is 0. The minimum absolute atomic E-state index is 0.0414. The van der Waals surface area contributed by atoms with Gasteiger partial charge in [-0.1, -0.05) is 18.2 Å². The average Bonchev–Trinajstić information content (AvgIpc) is 3.52. The average molecular weight is 538 g/mol. The molecule has 40 heavy (non-hydrogen) atoms. The van der Waals surface area contributed by atoms with Crippen LogP contribution in [0, 0.1) is 36.9 Å². The van der Waals surface area contributed by atoms with Gasteiger partial charge in [0.25, 0.3) is 0 Å². The molecule has 7 heteroatoms. The molecule has 6 nitrogen and oxygen atoms in total. The highest BCUT2D eigenvalue weighted by atomic mass is 19.1. The van der Waals surface area contributed by atoms with Gasteiger partial charge in [0.2, 0.25) is 0 Å². The number of nitrogens with two attached hydrogens (primary N) is 1. The summed E-state index contributed by atoms with van der Waals surface area (Å²) in [6, 6.07) is 15.7. The van der Waals surface area contributed by atoms with Crippen molar-refractivity contribution >= 4 is 10.9 Å². The molecule has 2 aliphatic heterocycles. The van der Waals surface area contributed by atoms with Crippen molar-refractivity contribution in [2.45, 2.75) is 52.2 Å². The van der Waals surface area contributed by atoms with Crippen molar-refractivity contribution in [2.24, 2.45) is 11.7 Å². The monoisotopic (exact) mass is 537 g/mol. The number of nitriles is 1. The normalized spacial score (nSPS) is 18.4. The number of likely N-dealkylation sites (tertiary alicyclic amines) is 1.